The summed E-state index contributed by atoms with van der Waals surface area (Å²) in [6, 6.07) is 14.1. The van der Waals surface area contributed by atoms with E-state index >= 15 is 0 Å². The van der Waals surface area contributed by atoms with E-state index in [2.05, 4.69) is 24.4 Å². The van der Waals surface area contributed by atoms with Crippen molar-refractivity contribution in [1.82, 2.24) is 15.3 Å². The van der Waals surface area contributed by atoms with Crippen LogP contribution in [-0.4, -0.2) is 36.1 Å². The van der Waals surface area contributed by atoms with Gasteiger partial charge in [0.25, 0.3) is 5.91 Å². The minimum atomic E-state index is -0.293. The molecule has 1 aliphatic heterocycles. The highest BCUT2D eigenvalue weighted by Crippen LogP contribution is 2.41. The van der Waals surface area contributed by atoms with E-state index in [0.717, 1.165) is 58.4 Å². The number of nitrogens with zero attached hydrogens (tertiary/aromatic N) is 2. The van der Waals surface area contributed by atoms with Crippen LogP contribution < -0.4 is 14.8 Å². The second-order valence-corrected chi connectivity index (χ2v) is 9.80. The van der Waals surface area contributed by atoms with Crippen LogP contribution >= 0.6 is 0 Å². The number of aryl methyl sites for hydroxylation is 2. The number of hydrogen-bond acceptors (Lipinski definition) is 5. The molecule has 7 heteroatoms. The fourth-order valence-electron chi connectivity index (χ4n) is 5.26. The Labute approximate surface area is 214 Å². The van der Waals surface area contributed by atoms with Gasteiger partial charge in [-0.1, -0.05) is 6.92 Å². The van der Waals surface area contributed by atoms with Gasteiger partial charge in [-0.25, -0.2) is 14.4 Å². The fraction of sp³-hybridized carbons (Fsp3) is 0.300. The van der Waals surface area contributed by atoms with Gasteiger partial charge in [-0.05, 0) is 73.4 Å². The number of nitrogens with one attached hydrogen (secondary N) is 1. The molecule has 0 radical (unpaired) electrons. The Balaban J connectivity index is 1.22. The molecule has 3 heterocycles. The van der Waals surface area contributed by atoms with E-state index in [1.54, 1.807) is 25.3 Å². The molecular weight excluding hydrogens is 469 g/mol. The third-order valence-electron chi connectivity index (χ3n) is 7.24. The zero-order valence-corrected chi connectivity index (χ0v) is 20.9. The third-order valence-corrected chi connectivity index (χ3v) is 7.24. The van der Waals surface area contributed by atoms with Crippen molar-refractivity contribution >= 4 is 16.8 Å². The molecule has 0 bridgehead atoms. The molecule has 2 aromatic heterocycles. The van der Waals surface area contributed by atoms with Gasteiger partial charge in [-0.2, -0.15) is 0 Å². The maximum absolute atomic E-state index is 13.5. The molecule has 1 atom stereocenters. The summed E-state index contributed by atoms with van der Waals surface area (Å²) < 4.78 is 25.0. The number of rotatable bonds is 6. The molecule has 1 N–H and O–H groups in total. The summed E-state index contributed by atoms with van der Waals surface area (Å²) in [7, 11) is 1.61. The van der Waals surface area contributed by atoms with Gasteiger partial charge < -0.3 is 14.8 Å². The van der Waals surface area contributed by atoms with Crippen molar-refractivity contribution in [2.45, 2.75) is 38.5 Å². The van der Waals surface area contributed by atoms with Crippen molar-refractivity contribution in [2.24, 2.45) is 0 Å². The Morgan fingerprint density at radius 2 is 1.97 bits per heavy atom. The highest BCUT2D eigenvalue weighted by atomic mass is 19.1. The Morgan fingerprint density at radius 1 is 1.14 bits per heavy atom. The summed E-state index contributed by atoms with van der Waals surface area (Å²) in [6.45, 7) is 3.13. The van der Waals surface area contributed by atoms with Crippen molar-refractivity contribution in [3.8, 4) is 22.8 Å². The molecular formula is C30H28FN3O3. The Hall–Kier alpha value is -4.00. The minimum Gasteiger partial charge on any atom is -0.494 e. The second-order valence-electron chi connectivity index (χ2n) is 9.80. The number of carbonyl (C=O) groups is 1. The van der Waals surface area contributed by atoms with E-state index in [1.165, 1.54) is 17.7 Å². The van der Waals surface area contributed by atoms with Gasteiger partial charge in [0.2, 0.25) is 0 Å². The number of halogens is 1. The summed E-state index contributed by atoms with van der Waals surface area (Å²) in [5.41, 5.74) is 7.19. The maximum atomic E-state index is 13.5. The fourth-order valence-corrected chi connectivity index (χ4v) is 5.26. The third kappa shape index (κ3) is 4.39. The van der Waals surface area contributed by atoms with Crippen LogP contribution in [0.1, 0.15) is 52.1 Å². The average molecular weight is 498 g/mol. The van der Waals surface area contributed by atoms with Crippen LogP contribution in [0.5, 0.6) is 11.5 Å². The molecule has 0 saturated carbocycles. The van der Waals surface area contributed by atoms with Gasteiger partial charge in [-0.3, -0.25) is 4.79 Å². The van der Waals surface area contributed by atoms with Crippen LogP contribution in [-0.2, 0) is 19.3 Å². The van der Waals surface area contributed by atoms with E-state index in [9.17, 15) is 9.18 Å². The first-order valence-corrected chi connectivity index (χ1v) is 12.7. The largest absolute Gasteiger partial charge is 0.494 e. The van der Waals surface area contributed by atoms with Crippen molar-refractivity contribution in [1.29, 1.82) is 0 Å². The predicted molar refractivity (Wildman–Crippen MR) is 140 cm³/mol. The Bertz CT molecular complexity index is 1520. The van der Waals surface area contributed by atoms with Crippen LogP contribution in [0, 0.1) is 5.82 Å². The van der Waals surface area contributed by atoms with Crippen molar-refractivity contribution < 1.29 is 18.7 Å². The first kappa shape index (κ1) is 23.4. The molecule has 2 aliphatic rings. The first-order chi connectivity index (χ1) is 18.0. The maximum Gasteiger partial charge on any atom is 0.251 e. The van der Waals surface area contributed by atoms with Gasteiger partial charge in [0.05, 0.1) is 13.7 Å². The van der Waals surface area contributed by atoms with Gasteiger partial charge >= 0.3 is 0 Å². The summed E-state index contributed by atoms with van der Waals surface area (Å²) in [4.78, 5) is 22.7. The molecule has 1 aliphatic carbocycles. The predicted octanol–water partition coefficient (Wildman–Crippen LogP) is 5.40. The van der Waals surface area contributed by atoms with E-state index < -0.39 is 0 Å². The molecule has 0 spiro atoms. The van der Waals surface area contributed by atoms with Crippen molar-refractivity contribution in [3.05, 3.63) is 82.4 Å². The number of hydrogen-bond donors (Lipinski definition) is 1. The first-order valence-electron chi connectivity index (χ1n) is 12.7. The summed E-state index contributed by atoms with van der Waals surface area (Å²) in [6.07, 6.45) is 3.67. The normalized spacial score (nSPS) is 15.8. The van der Waals surface area contributed by atoms with Crippen LogP contribution in [0.4, 0.5) is 4.39 Å². The molecule has 1 amide bonds. The lowest BCUT2D eigenvalue weighted by Gasteiger charge is -2.13. The number of aromatic nitrogens is 2. The van der Waals surface area contributed by atoms with Crippen molar-refractivity contribution in [2.75, 3.05) is 20.3 Å². The molecule has 6 rings (SSSR count). The molecule has 37 heavy (non-hydrogen) atoms. The average Bonchev–Trinajstić information content (AvgIpc) is 3.52. The highest BCUT2D eigenvalue weighted by Gasteiger charge is 2.26. The van der Waals surface area contributed by atoms with Crippen LogP contribution in [0.2, 0.25) is 0 Å². The summed E-state index contributed by atoms with van der Waals surface area (Å²) in [5.74, 6) is 1.15. The number of ether oxygens (including phenoxy) is 2. The molecule has 188 valence electrons. The van der Waals surface area contributed by atoms with Gasteiger partial charge in [0.15, 0.2) is 0 Å². The molecule has 2 aromatic carbocycles. The lowest BCUT2D eigenvalue weighted by Crippen LogP contribution is -2.26. The van der Waals surface area contributed by atoms with Gasteiger partial charge in [0.1, 0.15) is 28.5 Å². The van der Waals surface area contributed by atoms with E-state index in [4.69, 9.17) is 19.4 Å². The van der Waals surface area contributed by atoms with E-state index in [1.807, 2.05) is 6.07 Å². The van der Waals surface area contributed by atoms with Gasteiger partial charge in [-0.15, -0.1) is 0 Å². The number of pyridine rings is 2. The zero-order valence-electron chi connectivity index (χ0n) is 20.9. The highest BCUT2D eigenvalue weighted by molar-refractivity contribution is 6.00. The van der Waals surface area contributed by atoms with Crippen LogP contribution in [0.3, 0.4) is 0 Å². The Kier molecular flexibility index (Phi) is 5.99. The number of benzene rings is 2. The molecule has 0 unspecified atom stereocenters. The number of carbonyl (C=O) groups excluding carboxylic acids is 1. The summed E-state index contributed by atoms with van der Waals surface area (Å²) in [5, 5.41) is 3.95. The molecule has 0 saturated heterocycles. The van der Waals surface area contributed by atoms with Crippen LogP contribution in [0.25, 0.3) is 22.2 Å². The van der Waals surface area contributed by atoms with Gasteiger partial charge in [0, 0.05) is 52.3 Å². The smallest absolute Gasteiger partial charge is 0.251 e. The quantitative estimate of drug-likeness (QED) is 0.386. The minimum absolute atomic E-state index is 0.169. The molecule has 6 nitrogen and oxygen atoms in total. The topological polar surface area (TPSA) is 73.3 Å². The number of fused-ring (bicyclic) bond motifs is 3. The van der Waals surface area contributed by atoms with E-state index in [0.29, 0.717) is 36.6 Å². The summed E-state index contributed by atoms with van der Waals surface area (Å²) >= 11 is 0. The lowest BCUT2D eigenvalue weighted by molar-refractivity contribution is 0.0954. The van der Waals surface area contributed by atoms with E-state index in [-0.39, 0.29) is 17.6 Å². The second kappa shape index (κ2) is 9.47. The monoisotopic (exact) mass is 497 g/mol. The number of amides is 1. The zero-order chi connectivity index (χ0) is 25.5. The van der Waals surface area contributed by atoms with Crippen molar-refractivity contribution in [3.63, 3.8) is 0 Å². The molecule has 0 fully saturated rings. The standard InChI is InChI=1S/C30H28FN3O3/c1-17-16-37-29-24(17)15-23(33-28(29)18-6-8-22(31)9-7-18)10-11-32-30(35)21-13-20-12-19-4-3-5-25(19)34-27(20)26(14-21)36-2/h6-9,12-15,17H,3-5,10-11,16H2,1-2H3,(H,32,35)/t17-/m1/s1. The molecule has 4 aromatic rings. The Morgan fingerprint density at radius 3 is 2.78 bits per heavy atom. The SMILES string of the molecule is COc1cc(C(=O)NCCc2cc3c(c(-c4ccc(F)cc4)n2)OC[C@H]3C)cc2cc3c(nc12)CCC3. The number of methoxy groups -OCH3 is 1. The van der Waals surface area contributed by atoms with Crippen LogP contribution in [0.15, 0.2) is 48.5 Å². The lowest BCUT2D eigenvalue weighted by atomic mass is 9.99.